The van der Waals surface area contributed by atoms with Gasteiger partial charge in [-0.3, -0.25) is 9.59 Å². The van der Waals surface area contributed by atoms with Crippen molar-refractivity contribution in [3.8, 4) is 0 Å². The van der Waals surface area contributed by atoms with E-state index in [-0.39, 0.29) is 34.5 Å². The van der Waals surface area contributed by atoms with Crippen LogP contribution in [0.1, 0.15) is 61.8 Å². The smallest absolute Gasteiger partial charge is 0.223 e. The van der Waals surface area contributed by atoms with Crippen LogP contribution in [0.25, 0.3) is 0 Å². The highest BCUT2D eigenvalue weighted by atomic mass is 16.2. The summed E-state index contributed by atoms with van der Waals surface area (Å²) < 4.78 is 0. The predicted octanol–water partition coefficient (Wildman–Crippen LogP) is 2.97. The van der Waals surface area contributed by atoms with Gasteiger partial charge in [0.2, 0.25) is 11.8 Å². The number of hydrogen-bond donors (Lipinski definition) is 2. The average molecular weight is 298 g/mol. The second kappa shape index (κ2) is 7.81. The topological polar surface area (TPSA) is 58.2 Å². The predicted molar refractivity (Wildman–Crippen MR) is 87.9 cm³/mol. The van der Waals surface area contributed by atoms with Crippen LogP contribution in [0, 0.1) is 22.7 Å². The van der Waals surface area contributed by atoms with Gasteiger partial charge in [0.1, 0.15) is 0 Å². The van der Waals surface area contributed by atoms with E-state index in [2.05, 4.69) is 52.2 Å². The Hall–Kier alpha value is -1.06. The summed E-state index contributed by atoms with van der Waals surface area (Å²) in [6.45, 7) is 17.5. The van der Waals surface area contributed by atoms with E-state index in [1.54, 1.807) is 0 Å². The summed E-state index contributed by atoms with van der Waals surface area (Å²) in [7, 11) is 0. The molecule has 0 aliphatic heterocycles. The van der Waals surface area contributed by atoms with Crippen molar-refractivity contribution in [1.29, 1.82) is 0 Å². The molecule has 0 heterocycles. The lowest BCUT2D eigenvalue weighted by atomic mass is 9.81. The Morgan fingerprint density at radius 3 is 1.29 bits per heavy atom. The lowest BCUT2D eigenvalue weighted by molar-refractivity contribution is -0.127. The highest BCUT2D eigenvalue weighted by Crippen LogP contribution is 2.25. The van der Waals surface area contributed by atoms with Crippen LogP contribution in [0.3, 0.4) is 0 Å². The van der Waals surface area contributed by atoms with Gasteiger partial charge in [-0.25, -0.2) is 0 Å². The summed E-state index contributed by atoms with van der Waals surface area (Å²) in [5, 5.41) is 5.86. The van der Waals surface area contributed by atoms with E-state index in [1.165, 1.54) is 0 Å². The number of carbonyl (C=O) groups is 2. The summed E-state index contributed by atoms with van der Waals surface area (Å²) in [5.41, 5.74) is -0.0547. The van der Waals surface area contributed by atoms with Crippen molar-refractivity contribution in [2.45, 2.75) is 61.8 Å². The van der Waals surface area contributed by atoms with Gasteiger partial charge in [0.15, 0.2) is 0 Å². The van der Waals surface area contributed by atoms with Gasteiger partial charge in [-0.2, -0.15) is 0 Å². The fourth-order valence-electron chi connectivity index (χ4n) is 1.60. The lowest BCUT2D eigenvalue weighted by Gasteiger charge is -2.26. The molecule has 0 aliphatic rings. The van der Waals surface area contributed by atoms with Crippen LogP contribution in [0.15, 0.2) is 0 Å². The molecular formula is C17H34N2O2. The van der Waals surface area contributed by atoms with Gasteiger partial charge in [-0.05, 0) is 17.3 Å². The standard InChI is InChI=1S/C17H34N2O2/c1-12(16(3,4)5)14(20)18-10-9-11-19-15(21)13(2)17(6,7)8/h12-13H,9-11H2,1-8H3,(H,18,20)(H,19,21). The minimum Gasteiger partial charge on any atom is -0.356 e. The van der Waals surface area contributed by atoms with Crippen molar-refractivity contribution >= 4 is 11.8 Å². The molecule has 0 saturated heterocycles. The van der Waals surface area contributed by atoms with Crippen molar-refractivity contribution in [1.82, 2.24) is 10.6 Å². The first-order valence-electron chi connectivity index (χ1n) is 7.92. The molecule has 0 aromatic carbocycles. The Balaban J connectivity index is 3.93. The minimum atomic E-state index is -0.0273. The molecule has 0 aromatic rings. The number of nitrogens with one attached hydrogen (secondary N) is 2. The molecule has 0 aliphatic carbocycles. The zero-order valence-corrected chi connectivity index (χ0v) is 15.1. The van der Waals surface area contributed by atoms with E-state index >= 15 is 0 Å². The first-order chi connectivity index (χ1) is 9.37. The Labute approximate surface area is 130 Å². The first-order valence-corrected chi connectivity index (χ1v) is 7.92. The van der Waals surface area contributed by atoms with E-state index in [0.717, 1.165) is 6.42 Å². The number of amides is 2. The van der Waals surface area contributed by atoms with Gasteiger partial charge < -0.3 is 10.6 Å². The largest absolute Gasteiger partial charge is 0.356 e. The molecule has 124 valence electrons. The van der Waals surface area contributed by atoms with E-state index in [1.807, 2.05) is 13.8 Å². The Kier molecular flexibility index (Phi) is 7.41. The van der Waals surface area contributed by atoms with Crippen LogP contribution in [-0.2, 0) is 9.59 Å². The summed E-state index contributed by atoms with van der Waals surface area (Å²) in [6, 6.07) is 0. The summed E-state index contributed by atoms with van der Waals surface area (Å²) in [6.07, 6.45) is 0.755. The molecule has 0 spiro atoms. The van der Waals surface area contributed by atoms with Crippen LogP contribution >= 0.6 is 0 Å². The normalized spacial score (nSPS) is 15.2. The molecule has 4 nitrogen and oxygen atoms in total. The fraction of sp³-hybridized carbons (Fsp3) is 0.882. The Morgan fingerprint density at radius 2 is 1.05 bits per heavy atom. The van der Waals surface area contributed by atoms with Crippen molar-refractivity contribution in [2.24, 2.45) is 22.7 Å². The second-order valence-corrected chi connectivity index (χ2v) is 8.11. The van der Waals surface area contributed by atoms with Crippen LogP contribution in [0.5, 0.6) is 0 Å². The molecular weight excluding hydrogens is 264 g/mol. The molecule has 0 bridgehead atoms. The second-order valence-electron chi connectivity index (χ2n) is 8.11. The van der Waals surface area contributed by atoms with Crippen molar-refractivity contribution < 1.29 is 9.59 Å². The molecule has 0 aromatic heterocycles. The SMILES string of the molecule is CC(C(=O)NCCCNC(=O)C(C)C(C)(C)C)C(C)(C)C. The molecule has 0 rings (SSSR count). The van der Waals surface area contributed by atoms with Gasteiger partial charge in [-0.1, -0.05) is 55.4 Å². The number of rotatable bonds is 6. The van der Waals surface area contributed by atoms with Crippen LogP contribution < -0.4 is 10.6 Å². The molecule has 21 heavy (non-hydrogen) atoms. The van der Waals surface area contributed by atoms with Crippen molar-refractivity contribution in [3.05, 3.63) is 0 Å². The number of carbonyl (C=O) groups excluding carboxylic acids is 2. The zero-order chi connectivity index (χ0) is 16.8. The number of hydrogen-bond acceptors (Lipinski definition) is 2. The third kappa shape index (κ3) is 7.49. The summed E-state index contributed by atoms with van der Waals surface area (Å²) in [4.78, 5) is 23.9. The minimum absolute atomic E-state index is 0.0204. The summed E-state index contributed by atoms with van der Waals surface area (Å²) >= 11 is 0. The fourth-order valence-corrected chi connectivity index (χ4v) is 1.60. The van der Waals surface area contributed by atoms with Crippen LogP contribution in [0.2, 0.25) is 0 Å². The van der Waals surface area contributed by atoms with E-state index in [0.29, 0.717) is 13.1 Å². The van der Waals surface area contributed by atoms with Crippen molar-refractivity contribution in [2.75, 3.05) is 13.1 Å². The lowest BCUT2D eigenvalue weighted by Crippen LogP contribution is -2.39. The van der Waals surface area contributed by atoms with Crippen LogP contribution in [0.4, 0.5) is 0 Å². The Bertz CT molecular complexity index is 317. The van der Waals surface area contributed by atoms with E-state index in [9.17, 15) is 9.59 Å². The third-order valence-corrected chi connectivity index (χ3v) is 4.34. The quantitative estimate of drug-likeness (QED) is 0.741. The molecule has 0 saturated carbocycles. The van der Waals surface area contributed by atoms with Gasteiger partial charge in [-0.15, -0.1) is 0 Å². The van der Waals surface area contributed by atoms with E-state index < -0.39 is 0 Å². The Morgan fingerprint density at radius 1 is 0.762 bits per heavy atom. The highest BCUT2D eigenvalue weighted by molar-refractivity contribution is 5.79. The molecule has 2 atom stereocenters. The summed E-state index contributed by atoms with van der Waals surface area (Å²) in [5.74, 6) is 0.120. The molecule has 0 fully saturated rings. The van der Waals surface area contributed by atoms with Gasteiger partial charge in [0.25, 0.3) is 0 Å². The molecule has 0 radical (unpaired) electrons. The third-order valence-electron chi connectivity index (χ3n) is 4.34. The maximum atomic E-state index is 11.9. The first kappa shape index (κ1) is 19.9. The van der Waals surface area contributed by atoms with Gasteiger partial charge >= 0.3 is 0 Å². The zero-order valence-electron chi connectivity index (χ0n) is 15.1. The molecule has 2 N–H and O–H groups in total. The van der Waals surface area contributed by atoms with Gasteiger partial charge in [0, 0.05) is 24.9 Å². The van der Waals surface area contributed by atoms with Gasteiger partial charge in [0.05, 0.1) is 0 Å². The highest BCUT2D eigenvalue weighted by Gasteiger charge is 2.27. The maximum absolute atomic E-state index is 11.9. The molecule has 2 amide bonds. The van der Waals surface area contributed by atoms with E-state index in [4.69, 9.17) is 0 Å². The maximum Gasteiger partial charge on any atom is 0.223 e. The molecule has 2 unspecified atom stereocenters. The molecule has 4 heteroatoms. The monoisotopic (exact) mass is 298 g/mol. The van der Waals surface area contributed by atoms with Crippen molar-refractivity contribution in [3.63, 3.8) is 0 Å². The average Bonchev–Trinajstić information content (AvgIpc) is 2.33. The van der Waals surface area contributed by atoms with Crippen LogP contribution in [-0.4, -0.2) is 24.9 Å².